The quantitative estimate of drug-likeness (QED) is 0.777. The number of nitrogens with one attached hydrogen (secondary N) is 1. The van der Waals surface area contributed by atoms with Crippen molar-refractivity contribution < 1.29 is 4.79 Å². The largest absolute Gasteiger partial charge is 0.354 e. The van der Waals surface area contributed by atoms with E-state index in [2.05, 4.69) is 5.32 Å². The Morgan fingerprint density at radius 2 is 2.06 bits per heavy atom. The molecule has 1 aliphatic rings. The van der Waals surface area contributed by atoms with Crippen molar-refractivity contribution in [3.05, 3.63) is 35.9 Å². The van der Waals surface area contributed by atoms with E-state index in [1.54, 1.807) is 0 Å². The summed E-state index contributed by atoms with van der Waals surface area (Å²) in [4.78, 5) is 11.6. The van der Waals surface area contributed by atoms with Gasteiger partial charge < -0.3 is 11.1 Å². The number of carbonyl (C=O) groups is 1. The van der Waals surface area contributed by atoms with E-state index in [1.165, 1.54) is 12.8 Å². The Balaban J connectivity index is 1.77. The highest BCUT2D eigenvalue weighted by Gasteiger charge is 2.23. The molecule has 1 aromatic carbocycles. The summed E-state index contributed by atoms with van der Waals surface area (Å²) in [5.41, 5.74) is 6.95. The van der Waals surface area contributed by atoms with Gasteiger partial charge in [0.05, 0.1) is 6.04 Å². The fourth-order valence-corrected chi connectivity index (χ4v) is 1.66. The molecule has 86 valence electrons. The highest BCUT2D eigenvalue weighted by atomic mass is 16.2. The first-order valence-electron chi connectivity index (χ1n) is 5.83. The first-order valence-corrected chi connectivity index (χ1v) is 5.83. The van der Waals surface area contributed by atoms with Crippen molar-refractivity contribution in [2.24, 2.45) is 11.7 Å². The molecule has 0 aliphatic heterocycles. The van der Waals surface area contributed by atoms with Crippen LogP contribution in [-0.4, -0.2) is 18.5 Å². The molecule has 0 radical (unpaired) electrons. The van der Waals surface area contributed by atoms with Crippen molar-refractivity contribution in [3.8, 4) is 0 Å². The monoisotopic (exact) mass is 218 g/mol. The molecule has 0 unspecified atom stereocenters. The molecule has 0 heterocycles. The topological polar surface area (TPSA) is 55.1 Å². The van der Waals surface area contributed by atoms with Crippen LogP contribution in [0.2, 0.25) is 0 Å². The molecule has 0 spiro atoms. The second-order valence-corrected chi connectivity index (χ2v) is 4.48. The molecule has 1 atom stereocenters. The summed E-state index contributed by atoms with van der Waals surface area (Å²) in [6, 6.07) is 9.44. The van der Waals surface area contributed by atoms with Crippen LogP contribution in [0.1, 0.15) is 18.4 Å². The van der Waals surface area contributed by atoms with Crippen LogP contribution in [0.4, 0.5) is 0 Å². The number of hydrogen-bond acceptors (Lipinski definition) is 2. The molecule has 1 saturated carbocycles. The second-order valence-electron chi connectivity index (χ2n) is 4.48. The number of hydrogen-bond donors (Lipinski definition) is 2. The number of carbonyl (C=O) groups excluding carboxylic acids is 1. The van der Waals surface area contributed by atoms with Crippen molar-refractivity contribution in [1.82, 2.24) is 5.32 Å². The smallest absolute Gasteiger partial charge is 0.237 e. The van der Waals surface area contributed by atoms with Crippen LogP contribution in [0.15, 0.2) is 30.3 Å². The maximum absolute atomic E-state index is 11.6. The van der Waals surface area contributed by atoms with E-state index in [0.29, 0.717) is 12.3 Å². The molecule has 3 nitrogen and oxygen atoms in total. The van der Waals surface area contributed by atoms with Crippen molar-refractivity contribution in [1.29, 1.82) is 0 Å². The summed E-state index contributed by atoms with van der Waals surface area (Å²) in [6.07, 6.45) is 3.10. The van der Waals surface area contributed by atoms with Gasteiger partial charge in [0.15, 0.2) is 0 Å². The summed E-state index contributed by atoms with van der Waals surface area (Å²) in [7, 11) is 0. The first kappa shape index (κ1) is 11.1. The lowest BCUT2D eigenvalue weighted by Gasteiger charge is -2.11. The zero-order valence-corrected chi connectivity index (χ0v) is 9.36. The van der Waals surface area contributed by atoms with E-state index in [0.717, 1.165) is 12.1 Å². The molecule has 0 saturated heterocycles. The zero-order chi connectivity index (χ0) is 11.4. The Hall–Kier alpha value is -1.35. The number of rotatable bonds is 5. The number of amides is 1. The Morgan fingerprint density at radius 3 is 2.69 bits per heavy atom. The van der Waals surface area contributed by atoms with Gasteiger partial charge >= 0.3 is 0 Å². The molecule has 1 amide bonds. The van der Waals surface area contributed by atoms with Crippen LogP contribution in [0, 0.1) is 5.92 Å². The molecule has 16 heavy (non-hydrogen) atoms. The Kier molecular flexibility index (Phi) is 3.57. The standard InChI is InChI=1S/C13H18N2O/c14-12(8-10-4-2-1-3-5-10)13(16)15-9-11-6-7-11/h1-5,11-12H,6-9,14H2,(H,15,16)/t12-/m1/s1. The van der Waals surface area contributed by atoms with Crippen LogP contribution < -0.4 is 11.1 Å². The normalized spacial score (nSPS) is 16.8. The van der Waals surface area contributed by atoms with Crippen LogP contribution >= 0.6 is 0 Å². The summed E-state index contributed by atoms with van der Waals surface area (Å²) < 4.78 is 0. The van der Waals surface area contributed by atoms with Crippen molar-refractivity contribution in [2.45, 2.75) is 25.3 Å². The predicted octanol–water partition coefficient (Wildman–Crippen LogP) is 1.08. The fourth-order valence-electron chi connectivity index (χ4n) is 1.66. The highest BCUT2D eigenvalue weighted by molar-refractivity contribution is 5.81. The molecule has 3 heteroatoms. The molecule has 1 aliphatic carbocycles. The molecule has 1 fully saturated rings. The fraction of sp³-hybridized carbons (Fsp3) is 0.462. The van der Waals surface area contributed by atoms with E-state index >= 15 is 0 Å². The van der Waals surface area contributed by atoms with Crippen molar-refractivity contribution in [3.63, 3.8) is 0 Å². The van der Waals surface area contributed by atoms with Gasteiger partial charge in [-0.15, -0.1) is 0 Å². The molecular weight excluding hydrogens is 200 g/mol. The Labute approximate surface area is 96.0 Å². The van der Waals surface area contributed by atoms with E-state index in [4.69, 9.17) is 5.73 Å². The minimum Gasteiger partial charge on any atom is -0.354 e. The van der Waals surface area contributed by atoms with E-state index < -0.39 is 6.04 Å². The lowest BCUT2D eigenvalue weighted by molar-refractivity contribution is -0.122. The van der Waals surface area contributed by atoms with Crippen molar-refractivity contribution in [2.75, 3.05) is 6.54 Å². The molecular formula is C13H18N2O. The Bertz CT molecular complexity index is 346. The van der Waals surface area contributed by atoms with Crippen LogP contribution in [-0.2, 0) is 11.2 Å². The van der Waals surface area contributed by atoms with Crippen LogP contribution in [0.5, 0.6) is 0 Å². The third-order valence-corrected chi connectivity index (χ3v) is 2.90. The Morgan fingerprint density at radius 1 is 1.38 bits per heavy atom. The first-order chi connectivity index (χ1) is 7.75. The third kappa shape index (κ3) is 3.35. The SMILES string of the molecule is N[C@H](Cc1ccccc1)C(=O)NCC1CC1. The second kappa shape index (κ2) is 5.12. The van der Waals surface area contributed by atoms with Crippen LogP contribution in [0.3, 0.4) is 0 Å². The molecule has 0 aromatic heterocycles. The maximum atomic E-state index is 11.6. The summed E-state index contributed by atoms with van der Waals surface area (Å²) in [5, 5.41) is 2.90. The zero-order valence-electron chi connectivity index (χ0n) is 9.36. The third-order valence-electron chi connectivity index (χ3n) is 2.90. The van der Waals surface area contributed by atoms with E-state index in [9.17, 15) is 4.79 Å². The van der Waals surface area contributed by atoms with Gasteiger partial charge in [0, 0.05) is 6.54 Å². The van der Waals surface area contributed by atoms with Gasteiger partial charge in [0.2, 0.25) is 5.91 Å². The minimum atomic E-state index is -0.429. The van der Waals surface area contributed by atoms with Gasteiger partial charge in [-0.2, -0.15) is 0 Å². The molecule has 0 bridgehead atoms. The van der Waals surface area contributed by atoms with Crippen LogP contribution in [0.25, 0.3) is 0 Å². The average Bonchev–Trinajstić information content (AvgIpc) is 3.11. The molecule has 3 N–H and O–H groups in total. The predicted molar refractivity (Wildman–Crippen MR) is 63.9 cm³/mol. The van der Waals surface area contributed by atoms with Gasteiger partial charge in [0.25, 0.3) is 0 Å². The highest BCUT2D eigenvalue weighted by Crippen LogP contribution is 2.27. The molecule has 2 rings (SSSR count). The van der Waals surface area contributed by atoms with Gasteiger partial charge in [-0.05, 0) is 30.7 Å². The van der Waals surface area contributed by atoms with Gasteiger partial charge in [0.1, 0.15) is 0 Å². The summed E-state index contributed by atoms with van der Waals surface area (Å²) >= 11 is 0. The average molecular weight is 218 g/mol. The molecule has 1 aromatic rings. The van der Waals surface area contributed by atoms with E-state index in [-0.39, 0.29) is 5.91 Å². The van der Waals surface area contributed by atoms with E-state index in [1.807, 2.05) is 30.3 Å². The summed E-state index contributed by atoms with van der Waals surface area (Å²) in [5.74, 6) is 0.670. The lowest BCUT2D eigenvalue weighted by atomic mass is 10.1. The number of nitrogens with two attached hydrogens (primary N) is 1. The summed E-state index contributed by atoms with van der Waals surface area (Å²) in [6.45, 7) is 0.793. The van der Waals surface area contributed by atoms with Gasteiger partial charge in [-0.1, -0.05) is 30.3 Å². The maximum Gasteiger partial charge on any atom is 0.237 e. The number of benzene rings is 1. The van der Waals surface area contributed by atoms with Gasteiger partial charge in [-0.25, -0.2) is 0 Å². The lowest BCUT2D eigenvalue weighted by Crippen LogP contribution is -2.42. The minimum absolute atomic E-state index is 0.0317. The van der Waals surface area contributed by atoms with Crippen molar-refractivity contribution >= 4 is 5.91 Å². The van der Waals surface area contributed by atoms with Gasteiger partial charge in [-0.3, -0.25) is 4.79 Å².